The molecule has 0 saturated carbocycles. The van der Waals surface area contributed by atoms with Gasteiger partial charge in [-0.25, -0.2) is 57.5 Å². The van der Waals surface area contributed by atoms with Gasteiger partial charge in [0.1, 0.15) is 12.7 Å². The second kappa shape index (κ2) is 39.4. The van der Waals surface area contributed by atoms with Crippen molar-refractivity contribution in [2.45, 2.75) is 30.7 Å². The summed E-state index contributed by atoms with van der Waals surface area (Å²) >= 11 is 0. The van der Waals surface area contributed by atoms with Gasteiger partial charge in [0.15, 0.2) is 202 Å². The third-order valence-corrected chi connectivity index (χ3v) is 19.9. The molecule has 0 aliphatic carbocycles. The van der Waals surface area contributed by atoms with Gasteiger partial charge in [-0.05, 0) is 146 Å². The number of phenolic OH excluding ortho intramolecular Hbond substituents is 29. The van der Waals surface area contributed by atoms with E-state index in [-0.39, 0.29) is 36.4 Å². The zero-order valence-electron chi connectivity index (χ0n) is 70.6. The fourth-order valence-electron chi connectivity index (χ4n) is 12.8. The third-order valence-electron chi connectivity index (χ3n) is 19.9. The summed E-state index contributed by atoms with van der Waals surface area (Å²) in [5.41, 5.74) is -13.7. The Kier molecular flexibility index (Phi) is 27.3. The molecule has 13 rings (SSSR count). The third kappa shape index (κ3) is 20.8. The molecule has 1 saturated heterocycles. The van der Waals surface area contributed by atoms with Crippen LogP contribution in [0, 0.1) is 0 Å². The van der Waals surface area contributed by atoms with Crippen LogP contribution in [0.4, 0.5) is 0 Å². The largest absolute Gasteiger partial charge is 0.504 e. The van der Waals surface area contributed by atoms with Crippen LogP contribution in [0.25, 0.3) is 0 Å². The Bertz CT molecular complexity index is 7060. The molecule has 12 aromatic carbocycles. The molecule has 0 aromatic heterocycles. The maximum Gasteiger partial charge on any atom is 0.344 e. The van der Waals surface area contributed by atoms with E-state index in [0.29, 0.717) is 109 Å². The van der Waals surface area contributed by atoms with Crippen LogP contribution in [0.15, 0.2) is 146 Å². The van der Waals surface area contributed by atoms with Crippen LogP contribution in [-0.2, 0) is 28.4 Å². The van der Waals surface area contributed by atoms with Gasteiger partial charge in [0, 0.05) is 0 Å². The number of carbonyl (C=O) groups excluding carboxylic acids is 12. The molecule has 0 spiro atoms. The van der Waals surface area contributed by atoms with Crippen LogP contribution in [-0.4, -0.2) is 257 Å². The van der Waals surface area contributed by atoms with Gasteiger partial charge < -0.3 is 210 Å². The minimum absolute atomic E-state index is 0.163. The molecular formula is C90H60O54. The van der Waals surface area contributed by atoms with E-state index >= 15 is 19.2 Å². The first-order valence-corrected chi connectivity index (χ1v) is 39.1. The lowest BCUT2D eigenvalue weighted by atomic mass is 9.97. The van der Waals surface area contributed by atoms with E-state index in [1.165, 1.54) is 0 Å². The van der Waals surface area contributed by atoms with Crippen LogP contribution >= 0.6 is 0 Å². The standard InChI is InChI=1S/C90H60O54/c91-38-1-26(2-39(92)63(38)110)78(120)132-25-62-75(141-86(128)34-17-54(107)71(118)55(108)18-34)76(142-87(129)35-19-56(109)72(119)57(20-35)133-79(121)27-3-40(93)64(111)41(94)4-27)77(143-88(130)36-21-58(134-80(122)28-5-42(95)65(112)43(96)6-28)73(139-84(126)32-13-50(103)69(116)51(104)14-32)59(22-36)135-81(123)29-7-44(97)66(113)45(98)8-29)90(138-62)144-89(131)37-23-60(136-82(124)30-9-46(99)67(114)47(100)10-30)74(140-85(127)33-15-52(105)70(117)53(106)16-33)61(24-37)137-83(125)31-11-48(101)68(115)49(102)12-31/h1-24,62,75-77,90-119H,25H2/t62-,75-,76+,77-,90+/m1/s1. The number of hydrogen-bond donors (Lipinski definition) is 29. The lowest BCUT2D eigenvalue weighted by molar-refractivity contribution is -0.282. The molecule has 54 heteroatoms. The summed E-state index contributed by atoms with van der Waals surface area (Å²) in [6.07, 6.45) is -16.1. The topological polar surface area (TPSA) is 912 Å². The van der Waals surface area contributed by atoms with Crippen LogP contribution in [0.5, 0.6) is 207 Å². The van der Waals surface area contributed by atoms with E-state index in [1.807, 2.05) is 0 Å². The number of carbonyl (C=O) groups is 12. The molecule has 0 bridgehead atoms. The minimum Gasteiger partial charge on any atom is -0.504 e. The predicted octanol–water partition coefficient (Wildman–Crippen LogP) is 6.10. The summed E-state index contributed by atoms with van der Waals surface area (Å²) < 4.78 is 73.7. The van der Waals surface area contributed by atoms with Gasteiger partial charge in [-0.15, -0.1) is 0 Å². The van der Waals surface area contributed by atoms with Crippen LogP contribution < -0.4 is 33.2 Å². The van der Waals surface area contributed by atoms with Crippen molar-refractivity contribution < 1.29 is 267 Å². The average Bonchev–Trinajstić information content (AvgIpc) is 0.763. The van der Waals surface area contributed by atoms with E-state index in [2.05, 4.69) is 0 Å². The molecule has 1 aliphatic rings. The van der Waals surface area contributed by atoms with Crippen molar-refractivity contribution in [2.75, 3.05) is 6.61 Å². The van der Waals surface area contributed by atoms with Gasteiger partial charge in [-0.2, -0.15) is 0 Å². The van der Waals surface area contributed by atoms with Gasteiger partial charge in [0.25, 0.3) is 0 Å². The summed E-state index contributed by atoms with van der Waals surface area (Å²) in [6, 6.07) is 7.89. The zero-order chi connectivity index (χ0) is 105. The molecule has 1 heterocycles. The summed E-state index contributed by atoms with van der Waals surface area (Å²) in [6.45, 7) is -1.78. The maximum absolute atomic E-state index is 16.2. The molecule has 29 N–H and O–H groups in total. The van der Waals surface area contributed by atoms with Crippen molar-refractivity contribution in [3.05, 3.63) is 212 Å². The second-order valence-electron chi connectivity index (χ2n) is 29.6. The number of hydrogen-bond acceptors (Lipinski definition) is 54. The number of aromatic hydroxyl groups is 29. The normalized spacial score (nSPS) is 14.1. The Morgan fingerprint density at radius 1 is 0.181 bits per heavy atom. The summed E-state index contributed by atoms with van der Waals surface area (Å²) in [7, 11) is 0. The number of benzene rings is 12. The Balaban J connectivity index is 1.08. The zero-order valence-corrected chi connectivity index (χ0v) is 70.6. The first-order chi connectivity index (χ1) is 67.7. The fraction of sp³-hybridized carbons (Fsp3) is 0.0667. The van der Waals surface area contributed by atoms with Crippen molar-refractivity contribution in [1.82, 2.24) is 0 Å². The van der Waals surface area contributed by atoms with Crippen LogP contribution in [0.1, 0.15) is 124 Å². The molecule has 54 nitrogen and oxygen atoms in total. The molecule has 5 atom stereocenters. The molecule has 0 amide bonds. The molecule has 0 unspecified atom stereocenters. The molecule has 0 radical (unpaired) electrons. The number of esters is 12. The number of ether oxygens (including phenoxy) is 13. The van der Waals surface area contributed by atoms with Crippen molar-refractivity contribution >= 4 is 71.6 Å². The summed E-state index contributed by atoms with van der Waals surface area (Å²) in [5, 5.41) is 305. The molecule has 744 valence electrons. The highest BCUT2D eigenvalue weighted by atomic mass is 16.8. The van der Waals surface area contributed by atoms with E-state index in [9.17, 15) is 186 Å². The minimum atomic E-state index is -3.42. The van der Waals surface area contributed by atoms with Gasteiger partial charge in [0.2, 0.25) is 29.6 Å². The smallest absolute Gasteiger partial charge is 0.344 e. The lowest BCUT2D eigenvalue weighted by Gasteiger charge is -2.44. The average molecular weight is 2010 g/mol. The molecular weight excluding hydrogens is 1940 g/mol. The monoisotopic (exact) mass is 2000 g/mol. The maximum atomic E-state index is 16.2. The molecule has 144 heavy (non-hydrogen) atoms. The number of rotatable bonds is 25. The Morgan fingerprint density at radius 3 is 0.590 bits per heavy atom. The van der Waals surface area contributed by atoms with E-state index in [1.54, 1.807) is 0 Å². The van der Waals surface area contributed by atoms with Gasteiger partial charge in [-0.1, -0.05) is 0 Å². The Morgan fingerprint density at radius 2 is 0.347 bits per heavy atom. The fourth-order valence-corrected chi connectivity index (χ4v) is 12.8. The SMILES string of the molecule is O=C(OC[C@H]1O[C@@H](OC(=O)c2cc(OC(=O)c3cc(O)c(O)c(O)c3)c(OC(=O)c3cc(O)c(O)c(O)c3)c(OC(=O)c3cc(O)c(O)c(O)c3)c2)[C@H](OC(=O)c2cc(OC(=O)c3cc(O)c(O)c(O)c3)c(OC(=O)c3cc(O)c(O)c(O)c3)c(OC(=O)c3cc(O)c(O)c(O)c3)c2)[C@@H](OC(=O)c2cc(O)c(O)c(OC(=O)c3cc(O)c(O)c(O)c3)c2)[C@@H]1OC(=O)c1cc(O)c(O)c(O)c1)c1cc(O)c(O)c(O)c1. The first-order valence-electron chi connectivity index (χ1n) is 39.1. The molecule has 1 fully saturated rings. The summed E-state index contributed by atoms with van der Waals surface area (Å²) in [5.74, 6) is -73.4. The van der Waals surface area contributed by atoms with E-state index in [0.717, 1.165) is 0 Å². The van der Waals surface area contributed by atoms with Crippen molar-refractivity contribution in [2.24, 2.45) is 0 Å². The van der Waals surface area contributed by atoms with Gasteiger partial charge in [-0.3, -0.25) is 0 Å². The van der Waals surface area contributed by atoms with Gasteiger partial charge in [0.05, 0.1) is 66.8 Å². The van der Waals surface area contributed by atoms with E-state index in [4.69, 9.17) is 61.6 Å². The van der Waals surface area contributed by atoms with Crippen molar-refractivity contribution in [1.29, 1.82) is 0 Å². The highest BCUT2D eigenvalue weighted by molar-refractivity contribution is 6.03. The Labute approximate surface area is 792 Å². The van der Waals surface area contributed by atoms with Gasteiger partial charge >= 0.3 is 71.6 Å². The highest BCUT2D eigenvalue weighted by Gasteiger charge is 2.56. The quantitative estimate of drug-likeness (QED) is 0.0133. The molecule has 1 aliphatic heterocycles. The van der Waals surface area contributed by atoms with Crippen LogP contribution in [0.3, 0.4) is 0 Å². The number of phenols is 29. The van der Waals surface area contributed by atoms with Crippen molar-refractivity contribution in [3.63, 3.8) is 0 Å². The second-order valence-corrected chi connectivity index (χ2v) is 29.6. The van der Waals surface area contributed by atoms with Crippen molar-refractivity contribution in [3.8, 4) is 207 Å². The molecule has 12 aromatic rings. The van der Waals surface area contributed by atoms with E-state index < -0.39 is 383 Å². The lowest BCUT2D eigenvalue weighted by Crippen LogP contribution is -2.63. The summed E-state index contributed by atoms with van der Waals surface area (Å²) in [4.78, 5) is 178. The predicted molar refractivity (Wildman–Crippen MR) is 452 cm³/mol. The van der Waals surface area contributed by atoms with Crippen LogP contribution in [0.2, 0.25) is 0 Å². The first kappa shape index (κ1) is 99.9. The Hall–Kier alpha value is -21.6. The highest BCUT2D eigenvalue weighted by Crippen LogP contribution is 2.51.